The second-order valence-electron chi connectivity index (χ2n) is 3.32. The summed E-state index contributed by atoms with van der Waals surface area (Å²) < 4.78 is 5.02. The van der Waals surface area contributed by atoms with E-state index in [0.717, 1.165) is 11.4 Å². The van der Waals surface area contributed by atoms with Gasteiger partial charge in [0.25, 0.3) is 0 Å². The molecule has 0 atom stereocenters. The van der Waals surface area contributed by atoms with Crippen LogP contribution in [0.15, 0.2) is 36.2 Å². The summed E-state index contributed by atoms with van der Waals surface area (Å²) in [4.78, 5) is 15.4. The van der Waals surface area contributed by atoms with E-state index in [1.54, 1.807) is 20.2 Å². The number of aromatic nitrogens is 1. The first-order chi connectivity index (χ1) is 7.72. The molecule has 0 unspecified atom stereocenters. The van der Waals surface area contributed by atoms with E-state index in [1.165, 1.54) is 6.08 Å². The van der Waals surface area contributed by atoms with Crippen LogP contribution in [0.1, 0.15) is 12.6 Å². The lowest BCUT2D eigenvalue weighted by molar-refractivity contribution is -0.137. The predicted octanol–water partition coefficient (Wildman–Crippen LogP) is 1.29. The molecule has 0 radical (unpaired) electrons. The monoisotopic (exact) mass is 220 g/mol. The van der Waals surface area contributed by atoms with Gasteiger partial charge in [0.15, 0.2) is 0 Å². The van der Waals surface area contributed by atoms with Crippen LogP contribution in [0, 0.1) is 0 Å². The van der Waals surface area contributed by atoms with Gasteiger partial charge >= 0.3 is 5.97 Å². The number of ether oxygens (including phenoxy) is 1. The largest absolute Gasteiger partial charge is 0.462 e. The summed E-state index contributed by atoms with van der Waals surface area (Å²) in [5, 5.41) is 2.85. The van der Waals surface area contributed by atoms with Crippen molar-refractivity contribution in [1.82, 2.24) is 10.3 Å². The molecule has 86 valence electrons. The van der Waals surface area contributed by atoms with Crippen molar-refractivity contribution in [3.05, 3.63) is 41.9 Å². The smallest absolute Gasteiger partial charge is 0.332 e. The minimum Gasteiger partial charge on any atom is -0.462 e. The van der Waals surface area contributed by atoms with Gasteiger partial charge in [-0.15, -0.1) is 0 Å². The predicted molar refractivity (Wildman–Crippen MR) is 61.7 cm³/mol. The van der Waals surface area contributed by atoms with E-state index in [4.69, 9.17) is 4.74 Å². The molecule has 0 bridgehead atoms. The highest BCUT2D eigenvalue weighted by Gasteiger charge is 1.99. The second kappa shape index (κ2) is 6.61. The maximum absolute atomic E-state index is 11.2. The molecule has 0 spiro atoms. The van der Waals surface area contributed by atoms with E-state index < -0.39 is 0 Å². The van der Waals surface area contributed by atoms with Crippen LogP contribution in [0.3, 0.4) is 0 Å². The van der Waals surface area contributed by atoms with Crippen LogP contribution in [-0.2, 0) is 16.0 Å². The Morgan fingerprint density at radius 1 is 1.56 bits per heavy atom. The molecule has 0 saturated heterocycles. The van der Waals surface area contributed by atoms with Crippen molar-refractivity contribution < 1.29 is 9.53 Å². The summed E-state index contributed by atoms with van der Waals surface area (Å²) in [6.45, 7) is 2.16. The minimum absolute atomic E-state index is 0.331. The minimum atomic E-state index is -0.331. The van der Waals surface area contributed by atoms with Crippen molar-refractivity contribution in [2.45, 2.75) is 13.3 Å². The number of nitrogens with zero attached hydrogens (tertiary/aromatic N) is 1. The van der Waals surface area contributed by atoms with E-state index in [9.17, 15) is 4.79 Å². The number of pyridine rings is 1. The summed E-state index contributed by atoms with van der Waals surface area (Å²) >= 11 is 0. The van der Waals surface area contributed by atoms with Crippen LogP contribution in [0.4, 0.5) is 0 Å². The average Bonchev–Trinajstić information content (AvgIpc) is 2.30. The molecular weight excluding hydrogens is 204 g/mol. The lowest BCUT2D eigenvalue weighted by atomic mass is 10.3. The number of nitrogens with one attached hydrogen (secondary N) is 1. The fourth-order valence-corrected chi connectivity index (χ4v) is 1.09. The molecule has 0 saturated carbocycles. The SMILES string of the molecule is CN/C(C)=C\C(=O)OCCc1ccccn1. The van der Waals surface area contributed by atoms with Crippen molar-refractivity contribution in [3.8, 4) is 0 Å². The summed E-state index contributed by atoms with van der Waals surface area (Å²) in [5.41, 5.74) is 1.70. The molecular formula is C12H16N2O2. The van der Waals surface area contributed by atoms with Gasteiger partial charge in [-0.1, -0.05) is 6.07 Å². The standard InChI is InChI=1S/C12H16N2O2/c1-10(13-2)9-12(15)16-8-6-11-5-3-4-7-14-11/h3-5,7,9,13H,6,8H2,1-2H3/b10-9-. The molecule has 0 aliphatic carbocycles. The molecule has 4 nitrogen and oxygen atoms in total. The Morgan fingerprint density at radius 2 is 2.38 bits per heavy atom. The highest BCUT2D eigenvalue weighted by molar-refractivity contribution is 5.82. The average molecular weight is 220 g/mol. The van der Waals surface area contributed by atoms with Gasteiger partial charge in [0.2, 0.25) is 0 Å². The number of carbonyl (C=O) groups excluding carboxylic acids is 1. The molecule has 1 N–H and O–H groups in total. The highest BCUT2D eigenvalue weighted by Crippen LogP contribution is 1.96. The van der Waals surface area contributed by atoms with Gasteiger partial charge in [-0.05, 0) is 19.1 Å². The van der Waals surface area contributed by atoms with Crippen molar-refractivity contribution in [1.29, 1.82) is 0 Å². The fraction of sp³-hybridized carbons (Fsp3) is 0.333. The van der Waals surface area contributed by atoms with Gasteiger partial charge < -0.3 is 10.1 Å². The molecule has 0 fully saturated rings. The third kappa shape index (κ3) is 4.59. The van der Waals surface area contributed by atoms with Gasteiger partial charge in [0.05, 0.1) is 6.61 Å². The quantitative estimate of drug-likeness (QED) is 0.600. The first kappa shape index (κ1) is 12.2. The lowest BCUT2D eigenvalue weighted by Crippen LogP contribution is -2.09. The van der Waals surface area contributed by atoms with E-state index in [-0.39, 0.29) is 5.97 Å². The molecule has 16 heavy (non-hydrogen) atoms. The summed E-state index contributed by atoms with van der Waals surface area (Å²) in [6.07, 6.45) is 3.79. The number of hydrogen-bond acceptors (Lipinski definition) is 4. The van der Waals surface area contributed by atoms with E-state index in [1.807, 2.05) is 18.2 Å². The molecule has 1 rings (SSSR count). The highest BCUT2D eigenvalue weighted by atomic mass is 16.5. The van der Waals surface area contributed by atoms with Crippen LogP contribution in [0.25, 0.3) is 0 Å². The van der Waals surface area contributed by atoms with E-state index in [0.29, 0.717) is 13.0 Å². The Labute approximate surface area is 95.3 Å². The van der Waals surface area contributed by atoms with Crippen LogP contribution < -0.4 is 5.32 Å². The zero-order valence-electron chi connectivity index (χ0n) is 9.56. The van der Waals surface area contributed by atoms with Gasteiger partial charge in [0, 0.05) is 37.1 Å². The van der Waals surface area contributed by atoms with Crippen LogP contribution in [0.2, 0.25) is 0 Å². The molecule has 1 aromatic heterocycles. The Kier molecular flexibility index (Phi) is 5.05. The van der Waals surface area contributed by atoms with Crippen molar-refractivity contribution in [2.24, 2.45) is 0 Å². The summed E-state index contributed by atoms with van der Waals surface area (Å²) in [7, 11) is 1.76. The Hall–Kier alpha value is -1.84. The van der Waals surface area contributed by atoms with Gasteiger partial charge in [-0.3, -0.25) is 4.98 Å². The maximum atomic E-state index is 11.2. The molecule has 0 aliphatic rings. The maximum Gasteiger partial charge on any atom is 0.332 e. The number of esters is 1. The van der Waals surface area contributed by atoms with Crippen LogP contribution in [0.5, 0.6) is 0 Å². The lowest BCUT2D eigenvalue weighted by Gasteiger charge is -2.02. The van der Waals surface area contributed by atoms with Gasteiger partial charge in [-0.2, -0.15) is 0 Å². The van der Waals surface area contributed by atoms with Crippen molar-refractivity contribution in [2.75, 3.05) is 13.7 Å². The number of allylic oxidation sites excluding steroid dienone is 1. The van der Waals surface area contributed by atoms with E-state index in [2.05, 4.69) is 10.3 Å². The fourth-order valence-electron chi connectivity index (χ4n) is 1.09. The topological polar surface area (TPSA) is 51.2 Å². The van der Waals surface area contributed by atoms with E-state index >= 15 is 0 Å². The Bertz CT molecular complexity index is 361. The molecule has 1 aromatic rings. The van der Waals surface area contributed by atoms with Gasteiger partial charge in [0.1, 0.15) is 0 Å². The molecule has 1 heterocycles. The molecule has 0 aliphatic heterocycles. The zero-order valence-corrected chi connectivity index (χ0v) is 9.56. The Morgan fingerprint density at radius 3 is 3.00 bits per heavy atom. The first-order valence-electron chi connectivity index (χ1n) is 5.15. The Balaban J connectivity index is 2.29. The van der Waals surface area contributed by atoms with Crippen LogP contribution in [-0.4, -0.2) is 24.6 Å². The van der Waals surface area contributed by atoms with Crippen molar-refractivity contribution >= 4 is 5.97 Å². The first-order valence-corrected chi connectivity index (χ1v) is 5.15. The summed E-state index contributed by atoms with van der Waals surface area (Å²) in [5.74, 6) is -0.331. The van der Waals surface area contributed by atoms with Crippen molar-refractivity contribution in [3.63, 3.8) is 0 Å². The van der Waals surface area contributed by atoms with Crippen LogP contribution >= 0.6 is 0 Å². The number of hydrogen-bond donors (Lipinski definition) is 1. The zero-order chi connectivity index (χ0) is 11.8. The van der Waals surface area contributed by atoms with Gasteiger partial charge in [-0.25, -0.2) is 4.79 Å². The second-order valence-corrected chi connectivity index (χ2v) is 3.32. The molecule has 4 heteroatoms. The third-order valence-corrected chi connectivity index (χ3v) is 2.06. The summed E-state index contributed by atoms with van der Waals surface area (Å²) in [6, 6.07) is 5.67. The molecule has 0 aromatic carbocycles. The number of carbonyl (C=O) groups is 1. The normalized spacial score (nSPS) is 11.0. The molecule has 0 amide bonds. The number of rotatable bonds is 5. The third-order valence-electron chi connectivity index (χ3n) is 2.06.